The van der Waals surface area contributed by atoms with Crippen LogP contribution in [0.5, 0.6) is 0 Å². The molecule has 0 saturated heterocycles. The van der Waals surface area contributed by atoms with Gasteiger partial charge in [-0.25, -0.2) is 15.0 Å². The first-order chi connectivity index (χ1) is 29.2. The SMILES string of the molecule is c1ccc(-c2nc(-c3ccc4c(c3)oc3ccccc34)nc(-c3ccc4ccc5oc6cccc(-n7c8ccccc8c8cc9ccccc9cc87)c6c5c4c3)n2)cc1. The molecule has 4 aromatic heterocycles. The van der Waals surface area contributed by atoms with Crippen LogP contribution < -0.4 is 0 Å². The van der Waals surface area contributed by atoms with Gasteiger partial charge >= 0.3 is 0 Å². The van der Waals surface area contributed by atoms with Gasteiger partial charge in [-0.15, -0.1) is 0 Å². The van der Waals surface area contributed by atoms with Crippen molar-refractivity contribution < 1.29 is 8.83 Å². The molecule has 6 heteroatoms. The van der Waals surface area contributed by atoms with Gasteiger partial charge in [-0.05, 0) is 82.2 Å². The van der Waals surface area contributed by atoms with E-state index in [-0.39, 0.29) is 0 Å². The van der Waals surface area contributed by atoms with E-state index >= 15 is 0 Å². The molecule has 9 aromatic carbocycles. The minimum absolute atomic E-state index is 0.574. The number of hydrogen-bond donors (Lipinski definition) is 0. The van der Waals surface area contributed by atoms with Crippen molar-refractivity contribution in [2.45, 2.75) is 0 Å². The van der Waals surface area contributed by atoms with Crippen molar-refractivity contribution in [3.8, 4) is 39.9 Å². The Bertz CT molecular complexity index is 3860. The molecule has 0 aliphatic rings. The van der Waals surface area contributed by atoms with Gasteiger partial charge in [-0.3, -0.25) is 0 Å². The average Bonchev–Trinajstić information content (AvgIpc) is 3.97. The fraction of sp³-hybridized carbons (Fsp3) is 0. The van der Waals surface area contributed by atoms with Gasteiger partial charge in [0.2, 0.25) is 0 Å². The van der Waals surface area contributed by atoms with Crippen molar-refractivity contribution in [1.29, 1.82) is 0 Å². The van der Waals surface area contributed by atoms with Gasteiger partial charge in [-0.1, -0.05) is 121 Å². The smallest absolute Gasteiger partial charge is 0.164 e. The van der Waals surface area contributed by atoms with Gasteiger partial charge in [-0.2, -0.15) is 0 Å². The van der Waals surface area contributed by atoms with Gasteiger partial charge < -0.3 is 13.4 Å². The summed E-state index contributed by atoms with van der Waals surface area (Å²) in [5.41, 5.74) is 9.30. The Morgan fingerprint density at radius 1 is 0.322 bits per heavy atom. The molecule has 0 N–H and O–H groups in total. The van der Waals surface area contributed by atoms with Crippen LogP contribution in [0.2, 0.25) is 0 Å². The second-order valence-electron chi connectivity index (χ2n) is 15.2. The third-order valence-electron chi connectivity index (χ3n) is 11.8. The molecule has 0 radical (unpaired) electrons. The Morgan fingerprint density at radius 3 is 1.81 bits per heavy atom. The fourth-order valence-corrected chi connectivity index (χ4v) is 9.07. The van der Waals surface area contributed by atoms with Crippen LogP contribution in [0.25, 0.3) is 127 Å². The maximum Gasteiger partial charge on any atom is 0.164 e. The molecule has 274 valence electrons. The molecule has 13 aromatic rings. The molecular formula is C53H30N4O2. The zero-order valence-electron chi connectivity index (χ0n) is 31.4. The topological polar surface area (TPSA) is 69.9 Å². The Hall–Kier alpha value is -8.09. The predicted molar refractivity (Wildman–Crippen MR) is 240 cm³/mol. The number of benzene rings is 9. The lowest BCUT2D eigenvalue weighted by Crippen LogP contribution is -2.00. The molecule has 0 unspecified atom stereocenters. The maximum absolute atomic E-state index is 6.69. The summed E-state index contributed by atoms with van der Waals surface area (Å²) in [6, 6.07) is 63.3. The number of aromatic nitrogens is 4. The Morgan fingerprint density at radius 2 is 0.949 bits per heavy atom. The molecule has 59 heavy (non-hydrogen) atoms. The van der Waals surface area contributed by atoms with Crippen LogP contribution in [0.3, 0.4) is 0 Å². The monoisotopic (exact) mass is 754 g/mol. The third-order valence-corrected chi connectivity index (χ3v) is 11.8. The van der Waals surface area contributed by atoms with Crippen molar-refractivity contribution in [3.05, 3.63) is 182 Å². The number of rotatable bonds is 4. The minimum Gasteiger partial charge on any atom is -0.456 e. The molecule has 13 rings (SSSR count). The zero-order chi connectivity index (χ0) is 38.6. The summed E-state index contributed by atoms with van der Waals surface area (Å²) in [4.78, 5) is 15.3. The van der Waals surface area contributed by atoms with Crippen LogP contribution in [0.4, 0.5) is 0 Å². The Balaban J connectivity index is 1.05. The minimum atomic E-state index is 0.574. The van der Waals surface area contributed by atoms with Crippen LogP contribution in [-0.4, -0.2) is 19.5 Å². The summed E-state index contributed by atoms with van der Waals surface area (Å²) in [5, 5.41) is 11.3. The molecule has 6 nitrogen and oxygen atoms in total. The highest BCUT2D eigenvalue weighted by Gasteiger charge is 2.21. The Labute approximate surface area is 336 Å². The van der Waals surface area contributed by atoms with Crippen molar-refractivity contribution in [2.75, 3.05) is 0 Å². The van der Waals surface area contributed by atoms with Crippen LogP contribution in [0.1, 0.15) is 0 Å². The van der Waals surface area contributed by atoms with Gasteiger partial charge in [0, 0.05) is 43.6 Å². The lowest BCUT2D eigenvalue weighted by molar-refractivity contribution is 0.668. The molecule has 0 bridgehead atoms. The predicted octanol–water partition coefficient (Wildman–Crippen LogP) is 14.1. The molecule has 0 atom stereocenters. The Kier molecular flexibility index (Phi) is 6.63. The number of fused-ring (bicyclic) bond motifs is 12. The van der Waals surface area contributed by atoms with E-state index in [4.69, 9.17) is 23.8 Å². The fourth-order valence-electron chi connectivity index (χ4n) is 9.07. The largest absolute Gasteiger partial charge is 0.456 e. The van der Waals surface area contributed by atoms with Gasteiger partial charge in [0.25, 0.3) is 0 Å². The quantitative estimate of drug-likeness (QED) is 0.179. The summed E-state index contributed by atoms with van der Waals surface area (Å²) in [6.07, 6.45) is 0. The molecular weight excluding hydrogens is 725 g/mol. The zero-order valence-corrected chi connectivity index (χ0v) is 31.4. The van der Waals surface area contributed by atoms with E-state index < -0.39 is 0 Å². The highest BCUT2D eigenvalue weighted by atomic mass is 16.3. The van der Waals surface area contributed by atoms with Gasteiger partial charge in [0.1, 0.15) is 22.3 Å². The van der Waals surface area contributed by atoms with Crippen LogP contribution in [0, 0.1) is 0 Å². The van der Waals surface area contributed by atoms with E-state index in [0.29, 0.717) is 17.5 Å². The van der Waals surface area contributed by atoms with Crippen molar-refractivity contribution >= 4 is 87.2 Å². The second kappa shape index (κ2) is 12.2. The average molecular weight is 755 g/mol. The maximum atomic E-state index is 6.69. The normalized spacial score (nSPS) is 12.1. The van der Waals surface area contributed by atoms with E-state index in [1.54, 1.807) is 0 Å². The third kappa shape index (κ3) is 4.84. The first-order valence-corrected chi connectivity index (χ1v) is 19.8. The molecule has 0 saturated carbocycles. The van der Waals surface area contributed by atoms with Crippen LogP contribution in [-0.2, 0) is 0 Å². The second-order valence-corrected chi connectivity index (χ2v) is 15.2. The standard InChI is InChI=1S/C53H30N4O2/c1-2-11-32(12-3-1)51-54-52(56-53(55-51)36-23-25-39-38-16-7-9-19-45(38)58-48(39)30-36)35-22-21-31-24-26-47-49(40(31)28-35)50-43(18-10-20-46(50)59-47)57-42-17-8-6-15-37(42)41-27-33-13-4-5-14-34(33)29-44(41)57/h1-30H. The molecule has 0 amide bonds. The number of para-hydroxylation sites is 2. The van der Waals surface area contributed by atoms with Crippen molar-refractivity contribution in [3.63, 3.8) is 0 Å². The number of hydrogen-bond acceptors (Lipinski definition) is 5. The number of nitrogens with zero attached hydrogens (tertiary/aromatic N) is 4. The van der Waals surface area contributed by atoms with Crippen molar-refractivity contribution in [1.82, 2.24) is 19.5 Å². The highest BCUT2D eigenvalue weighted by Crippen LogP contribution is 2.43. The molecule has 0 fully saturated rings. The number of furan rings is 2. The highest BCUT2D eigenvalue weighted by molar-refractivity contribution is 6.23. The first-order valence-electron chi connectivity index (χ1n) is 19.8. The molecule has 4 heterocycles. The van der Waals surface area contributed by atoms with E-state index in [2.05, 4.69) is 132 Å². The van der Waals surface area contributed by atoms with E-state index in [1.807, 2.05) is 54.6 Å². The molecule has 0 aliphatic heterocycles. The van der Waals surface area contributed by atoms with E-state index in [9.17, 15) is 0 Å². The summed E-state index contributed by atoms with van der Waals surface area (Å²) < 4.78 is 15.4. The summed E-state index contributed by atoms with van der Waals surface area (Å²) >= 11 is 0. The first kappa shape index (κ1) is 32.0. The molecule has 0 aliphatic carbocycles. The summed E-state index contributed by atoms with van der Waals surface area (Å²) in [7, 11) is 0. The van der Waals surface area contributed by atoms with E-state index in [1.165, 1.54) is 21.5 Å². The molecule has 0 spiro atoms. The van der Waals surface area contributed by atoms with Gasteiger partial charge in [0.15, 0.2) is 17.5 Å². The summed E-state index contributed by atoms with van der Waals surface area (Å²) in [6.45, 7) is 0. The lowest BCUT2D eigenvalue weighted by atomic mass is 10.00. The van der Waals surface area contributed by atoms with Gasteiger partial charge in [0.05, 0.1) is 22.1 Å². The van der Waals surface area contributed by atoms with E-state index in [0.717, 1.165) is 88.1 Å². The van der Waals surface area contributed by atoms with Crippen molar-refractivity contribution in [2.24, 2.45) is 0 Å². The lowest BCUT2D eigenvalue weighted by Gasteiger charge is -2.11. The van der Waals surface area contributed by atoms with Crippen LogP contribution >= 0.6 is 0 Å². The summed E-state index contributed by atoms with van der Waals surface area (Å²) in [5.74, 6) is 1.76. The van der Waals surface area contributed by atoms with Crippen LogP contribution in [0.15, 0.2) is 191 Å².